The third-order valence-corrected chi connectivity index (χ3v) is 6.76. The predicted octanol–water partition coefficient (Wildman–Crippen LogP) is 6.79. The van der Waals surface area contributed by atoms with Crippen LogP contribution >= 0.6 is 11.3 Å². The first-order valence-electron chi connectivity index (χ1n) is 9.97. The second-order valence-corrected chi connectivity index (χ2v) is 8.67. The van der Waals surface area contributed by atoms with Crippen LogP contribution in [0.5, 0.6) is 0 Å². The van der Waals surface area contributed by atoms with Crippen molar-refractivity contribution < 1.29 is 0 Å². The van der Waals surface area contributed by atoms with Crippen molar-refractivity contribution in [1.82, 2.24) is 4.98 Å². The summed E-state index contributed by atoms with van der Waals surface area (Å²) >= 11 is 1.87. The van der Waals surface area contributed by atoms with E-state index in [2.05, 4.69) is 72.6 Å². The van der Waals surface area contributed by atoms with Gasteiger partial charge in [-0.2, -0.15) is 0 Å². The van der Waals surface area contributed by atoms with E-state index in [-0.39, 0.29) is 0 Å². The van der Waals surface area contributed by atoms with Gasteiger partial charge in [0.2, 0.25) is 0 Å². The summed E-state index contributed by atoms with van der Waals surface area (Å²) < 4.78 is 2.70. The first-order valence-corrected chi connectivity index (χ1v) is 10.8. The number of thiophene rings is 1. The number of nitrogens with two attached hydrogens (primary N) is 1. The molecule has 28 heavy (non-hydrogen) atoms. The van der Waals surface area contributed by atoms with E-state index in [9.17, 15) is 0 Å². The smallest absolute Gasteiger partial charge is 0.0497 e. The Hall–Kier alpha value is -2.62. The Morgan fingerprint density at radius 2 is 1.71 bits per heavy atom. The minimum Gasteiger partial charge on any atom is -0.354 e. The van der Waals surface area contributed by atoms with Gasteiger partial charge in [0, 0.05) is 36.8 Å². The number of aryl methyl sites for hydroxylation is 2. The molecule has 0 aliphatic rings. The Bertz CT molecular complexity index is 1290. The largest absolute Gasteiger partial charge is 0.354 e. The SMILES string of the molecule is Cc1ccc2[nH]c(-c3ccc4sc5ccccc5c4c3)c(CCCCN)c2c1. The second kappa shape index (κ2) is 7.08. The highest BCUT2D eigenvalue weighted by Gasteiger charge is 2.15. The van der Waals surface area contributed by atoms with Gasteiger partial charge in [-0.15, -0.1) is 11.3 Å². The number of fused-ring (bicyclic) bond motifs is 4. The van der Waals surface area contributed by atoms with Gasteiger partial charge in [0.15, 0.2) is 0 Å². The number of H-pyrrole nitrogens is 1. The van der Waals surface area contributed by atoms with E-state index in [0.29, 0.717) is 0 Å². The molecule has 2 heterocycles. The van der Waals surface area contributed by atoms with E-state index in [1.165, 1.54) is 53.5 Å². The highest BCUT2D eigenvalue weighted by Crippen LogP contribution is 2.38. The van der Waals surface area contributed by atoms with Crippen molar-refractivity contribution >= 4 is 42.4 Å². The topological polar surface area (TPSA) is 41.8 Å². The Morgan fingerprint density at radius 1 is 0.857 bits per heavy atom. The molecule has 0 bridgehead atoms. The van der Waals surface area contributed by atoms with Crippen molar-refractivity contribution in [2.24, 2.45) is 5.73 Å². The maximum Gasteiger partial charge on any atom is 0.0497 e. The molecule has 2 aromatic heterocycles. The molecule has 0 amide bonds. The van der Waals surface area contributed by atoms with Gasteiger partial charge in [0.1, 0.15) is 0 Å². The average Bonchev–Trinajstić information content (AvgIpc) is 3.26. The Labute approximate surface area is 169 Å². The Morgan fingerprint density at radius 3 is 2.61 bits per heavy atom. The van der Waals surface area contributed by atoms with Crippen LogP contribution in [0.2, 0.25) is 0 Å². The molecular formula is C25H24N2S. The standard InChI is InChI=1S/C25H24N2S/c1-16-9-11-22-20(14-16)19(7-4-5-13-26)25(27-22)17-10-12-24-21(15-17)18-6-2-3-8-23(18)28-24/h2-3,6,8-12,14-15,27H,4-5,7,13,26H2,1H3. The first kappa shape index (κ1) is 17.5. The van der Waals surface area contributed by atoms with Gasteiger partial charge in [-0.25, -0.2) is 0 Å². The third kappa shape index (κ3) is 2.92. The number of unbranched alkanes of at least 4 members (excludes halogenated alkanes) is 1. The molecule has 0 aliphatic heterocycles. The average molecular weight is 385 g/mol. The molecule has 0 radical (unpaired) electrons. The van der Waals surface area contributed by atoms with Crippen molar-refractivity contribution in [3.63, 3.8) is 0 Å². The van der Waals surface area contributed by atoms with Gasteiger partial charge in [-0.3, -0.25) is 0 Å². The zero-order valence-corrected chi connectivity index (χ0v) is 16.9. The van der Waals surface area contributed by atoms with Crippen molar-refractivity contribution in [2.75, 3.05) is 6.54 Å². The summed E-state index contributed by atoms with van der Waals surface area (Å²) in [7, 11) is 0. The highest BCUT2D eigenvalue weighted by molar-refractivity contribution is 7.25. The molecule has 2 nitrogen and oxygen atoms in total. The molecule has 5 aromatic rings. The lowest BCUT2D eigenvalue weighted by Gasteiger charge is -2.06. The summed E-state index contributed by atoms with van der Waals surface area (Å²) in [4.78, 5) is 3.71. The lowest BCUT2D eigenvalue weighted by Crippen LogP contribution is -1.99. The van der Waals surface area contributed by atoms with Crippen molar-refractivity contribution in [3.05, 3.63) is 71.8 Å². The molecule has 3 heteroatoms. The monoisotopic (exact) mass is 384 g/mol. The summed E-state index contributed by atoms with van der Waals surface area (Å²) in [6.07, 6.45) is 3.23. The molecule has 3 N–H and O–H groups in total. The zero-order valence-electron chi connectivity index (χ0n) is 16.1. The normalized spacial score (nSPS) is 11.8. The van der Waals surface area contributed by atoms with Crippen molar-refractivity contribution in [3.8, 4) is 11.3 Å². The molecule has 0 saturated carbocycles. The minimum absolute atomic E-state index is 0.754. The lowest BCUT2D eigenvalue weighted by atomic mass is 9.98. The fourth-order valence-corrected chi connectivity index (χ4v) is 5.28. The lowest BCUT2D eigenvalue weighted by molar-refractivity contribution is 0.748. The summed E-state index contributed by atoms with van der Waals surface area (Å²) in [5, 5.41) is 4.05. The van der Waals surface area contributed by atoms with Gasteiger partial charge >= 0.3 is 0 Å². The van der Waals surface area contributed by atoms with Crippen LogP contribution < -0.4 is 5.73 Å². The molecule has 0 saturated heterocycles. The van der Waals surface area contributed by atoms with Crippen molar-refractivity contribution in [2.45, 2.75) is 26.2 Å². The molecule has 3 aromatic carbocycles. The summed E-state index contributed by atoms with van der Waals surface area (Å²) in [6, 6.07) is 22.3. The van der Waals surface area contributed by atoms with Crippen LogP contribution in [0.15, 0.2) is 60.7 Å². The van der Waals surface area contributed by atoms with Crippen LogP contribution in [0.3, 0.4) is 0 Å². The molecule has 0 spiro atoms. The second-order valence-electron chi connectivity index (χ2n) is 7.58. The number of rotatable bonds is 5. The van der Waals surface area contributed by atoms with Crippen molar-refractivity contribution in [1.29, 1.82) is 0 Å². The van der Waals surface area contributed by atoms with Gasteiger partial charge < -0.3 is 10.7 Å². The van der Waals surface area contributed by atoms with E-state index >= 15 is 0 Å². The van der Waals surface area contributed by atoms with Crippen LogP contribution in [0, 0.1) is 6.92 Å². The maximum atomic E-state index is 5.75. The van der Waals surface area contributed by atoms with E-state index < -0.39 is 0 Å². The fourth-order valence-electron chi connectivity index (χ4n) is 4.20. The van der Waals surface area contributed by atoms with Crippen LogP contribution in [-0.4, -0.2) is 11.5 Å². The number of nitrogens with one attached hydrogen (secondary N) is 1. The third-order valence-electron chi connectivity index (χ3n) is 5.61. The quantitative estimate of drug-likeness (QED) is 0.322. The Kier molecular flexibility index (Phi) is 4.42. The van der Waals surface area contributed by atoms with Gasteiger partial charge in [-0.05, 0) is 74.2 Å². The van der Waals surface area contributed by atoms with E-state index in [4.69, 9.17) is 5.73 Å². The van der Waals surface area contributed by atoms with Crippen LogP contribution in [0.4, 0.5) is 0 Å². The van der Waals surface area contributed by atoms with E-state index in [0.717, 1.165) is 25.8 Å². The molecule has 0 fully saturated rings. The van der Waals surface area contributed by atoms with Crippen LogP contribution in [0.25, 0.3) is 42.3 Å². The zero-order chi connectivity index (χ0) is 19.1. The summed E-state index contributed by atoms with van der Waals surface area (Å²) in [5.74, 6) is 0. The van der Waals surface area contributed by atoms with Gasteiger partial charge in [0.25, 0.3) is 0 Å². The molecular weight excluding hydrogens is 360 g/mol. The van der Waals surface area contributed by atoms with Crippen LogP contribution in [0.1, 0.15) is 24.0 Å². The Balaban J connectivity index is 1.71. The molecule has 0 unspecified atom stereocenters. The molecule has 5 rings (SSSR count). The number of hydrogen-bond donors (Lipinski definition) is 2. The number of hydrogen-bond acceptors (Lipinski definition) is 2. The fraction of sp³-hybridized carbons (Fsp3) is 0.200. The predicted molar refractivity (Wildman–Crippen MR) is 123 cm³/mol. The highest BCUT2D eigenvalue weighted by atomic mass is 32.1. The molecule has 0 atom stereocenters. The first-order chi connectivity index (χ1) is 13.7. The minimum atomic E-state index is 0.754. The molecule has 140 valence electrons. The van der Waals surface area contributed by atoms with Gasteiger partial charge in [0.05, 0.1) is 0 Å². The summed E-state index contributed by atoms with van der Waals surface area (Å²) in [5.41, 5.74) is 12.2. The maximum absolute atomic E-state index is 5.75. The number of benzene rings is 3. The number of aromatic amines is 1. The van der Waals surface area contributed by atoms with E-state index in [1.807, 2.05) is 11.3 Å². The van der Waals surface area contributed by atoms with E-state index in [1.54, 1.807) is 0 Å². The summed E-state index contributed by atoms with van der Waals surface area (Å²) in [6.45, 7) is 2.92. The van der Waals surface area contributed by atoms with Crippen LogP contribution in [-0.2, 0) is 6.42 Å². The van der Waals surface area contributed by atoms with Gasteiger partial charge in [-0.1, -0.05) is 35.9 Å². The number of aromatic nitrogens is 1. The molecule has 0 aliphatic carbocycles.